The van der Waals surface area contributed by atoms with Gasteiger partial charge in [-0.15, -0.1) is 0 Å². The summed E-state index contributed by atoms with van der Waals surface area (Å²) in [6, 6.07) is 0. The minimum absolute atomic E-state index is 0.299. The summed E-state index contributed by atoms with van der Waals surface area (Å²) in [5.74, 6) is -19.8. The van der Waals surface area contributed by atoms with Gasteiger partial charge in [-0.3, -0.25) is 0 Å². The topological polar surface area (TPSA) is 58.9 Å². The van der Waals surface area contributed by atoms with Gasteiger partial charge < -0.3 is 19.7 Å². The van der Waals surface area contributed by atoms with Gasteiger partial charge in [0.05, 0.1) is 0 Å². The molecule has 0 fully saturated rings. The molecular formula is C11H15ClF8O4. The summed E-state index contributed by atoms with van der Waals surface area (Å²) in [6.07, 6.45) is -8.98. The van der Waals surface area contributed by atoms with E-state index in [0.717, 1.165) is 0 Å². The first-order valence-electron chi connectivity index (χ1n) is 6.39. The van der Waals surface area contributed by atoms with Crippen molar-refractivity contribution in [3.05, 3.63) is 0 Å². The average Bonchev–Trinajstić information content (AvgIpc) is 2.43. The molecule has 0 spiro atoms. The Labute approximate surface area is 136 Å². The predicted molar refractivity (Wildman–Crippen MR) is 64.7 cm³/mol. The van der Waals surface area contributed by atoms with Crippen molar-refractivity contribution in [2.45, 2.75) is 55.5 Å². The average molecular weight is 399 g/mol. The van der Waals surface area contributed by atoms with Crippen LogP contribution in [-0.4, -0.2) is 65.1 Å². The van der Waals surface area contributed by atoms with Crippen LogP contribution in [0, 0.1) is 0 Å². The van der Waals surface area contributed by atoms with Crippen molar-refractivity contribution >= 4 is 11.6 Å². The molecule has 0 unspecified atom stereocenters. The largest absolute Gasteiger partial charge is 0.392 e. The molecule has 146 valence electrons. The maximum absolute atomic E-state index is 13.6. The Morgan fingerprint density at radius 1 is 0.833 bits per heavy atom. The first-order chi connectivity index (χ1) is 10.6. The van der Waals surface area contributed by atoms with Gasteiger partial charge in [0.15, 0.2) is 12.4 Å². The second kappa shape index (κ2) is 7.85. The van der Waals surface area contributed by atoms with Crippen molar-refractivity contribution in [2.24, 2.45) is 0 Å². The number of hydrogen-bond donors (Lipinski definition) is 2. The molecule has 0 radical (unpaired) electrons. The van der Waals surface area contributed by atoms with E-state index in [-0.39, 0.29) is 13.2 Å². The molecule has 0 aliphatic rings. The highest BCUT2D eigenvalue weighted by Crippen LogP contribution is 2.55. The molecule has 24 heavy (non-hydrogen) atoms. The van der Waals surface area contributed by atoms with E-state index in [1.165, 1.54) is 13.8 Å². The summed E-state index contributed by atoms with van der Waals surface area (Å²) in [4.78, 5) is 0. The SMILES string of the molecule is CCOC(OCC)[C@H](O)[C@@H](O)C(F)(F)C(F)(F)C(F)(F)C(F)(F)Cl. The summed E-state index contributed by atoms with van der Waals surface area (Å²) in [7, 11) is 0. The zero-order chi connectivity index (χ0) is 19.6. The smallest absolute Gasteiger partial charge is 0.385 e. The highest BCUT2D eigenvalue weighted by Gasteiger charge is 2.82. The summed E-state index contributed by atoms with van der Waals surface area (Å²) >= 11 is 3.77. The zero-order valence-electron chi connectivity index (χ0n) is 12.3. The fourth-order valence-corrected chi connectivity index (χ4v) is 1.63. The van der Waals surface area contributed by atoms with Gasteiger partial charge >= 0.3 is 23.1 Å². The van der Waals surface area contributed by atoms with Crippen molar-refractivity contribution in [2.75, 3.05) is 13.2 Å². The van der Waals surface area contributed by atoms with Gasteiger partial charge in [0.25, 0.3) is 0 Å². The van der Waals surface area contributed by atoms with Crippen molar-refractivity contribution in [3.8, 4) is 0 Å². The van der Waals surface area contributed by atoms with E-state index in [2.05, 4.69) is 21.1 Å². The molecule has 0 aromatic carbocycles. The monoisotopic (exact) mass is 398 g/mol. The standard InChI is InChI=1S/C11H15ClF8O4/c1-3-23-7(24-4-2)5(21)6(22)8(13,14)9(15,16)10(17,18)11(12,19)20/h5-7,21-22H,3-4H2,1-2H3/t5-,6-/m1/s1. The van der Waals surface area contributed by atoms with Crippen LogP contribution in [0.15, 0.2) is 0 Å². The van der Waals surface area contributed by atoms with E-state index < -0.39 is 41.6 Å². The van der Waals surface area contributed by atoms with E-state index in [1.54, 1.807) is 0 Å². The number of aliphatic hydroxyl groups is 2. The van der Waals surface area contributed by atoms with E-state index in [1.807, 2.05) is 0 Å². The lowest BCUT2D eigenvalue weighted by Crippen LogP contribution is -2.67. The second-order valence-corrected chi connectivity index (χ2v) is 4.96. The molecule has 0 heterocycles. The number of hydrogen-bond acceptors (Lipinski definition) is 4. The molecule has 0 saturated carbocycles. The van der Waals surface area contributed by atoms with E-state index in [0.29, 0.717) is 0 Å². The Bertz CT molecular complexity index is 398. The summed E-state index contributed by atoms with van der Waals surface area (Å²) in [6.45, 7) is 1.96. The van der Waals surface area contributed by atoms with Crippen LogP contribution in [0.25, 0.3) is 0 Å². The molecule has 0 aliphatic carbocycles. The molecule has 2 N–H and O–H groups in total. The Morgan fingerprint density at radius 2 is 1.21 bits per heavy atom. The molecule has 0 rings (SSSR count). The van der Waals surface area contributed by atoms with E-state index in [4.69, 9.17) is 0 Å². The van der Waals surface area contributed by atoms with Gasteiger partial charge in [0.2, 0.25) is 0 Å². The van der Waals surface area contributed by atoms with Crippen LogP contribution in [0.3, 0.4) is 0 Å². The minimum Gasteiger partial charge on any atom is -0.385 e. The molecule has 0 bridgehead atoms. The van der Waals surface area contributed by atoms with Crippen LogP contribution in [0.5, 0.6) is 0 Å². The molecule has 0 aromatic rings. The third-order valence-electron chi connectivity index (χ3n) is 2.80. The van der Waals surface area contributed by atoms with Crippen LogP contribution < -0.4 is 0 Å². The number of rotatable bonds is 10. The lowest BCUT2D eigenvalue weighted by Gasteiger charge is -2.38. The third kappa shape index (κ3) is 4.21. The van der Waals surface area contributed by atoms with Gasteiger partial charge in [-0.25, -0.2) is 0 Å². The van der Waals surface area contributed by atoms with Gasteiger partial charge in [-0.05, 0) is 25.4 Å². The third-order valence-corrected chi connectivity index (χ3v) is 3.04. The molecule has 4 nitrogen and oxygen atoms in total. The number of alkyl halides is 9. The van der Waals surface area contributed by atoms with Crippen molar-refractivity contribution in [1.29, 1.82) is 0 Å². The predicted octanol–water partition coefficient (Wildman–Crippen LogP) is 2.84. The fourth-order valence-electron chi connectivity index (χ4n) is 1.51. The second-order valence-electron chi connectivity index (χ2n) is 4.48. The Hall–Kier alpha value is -0.430. The maximum atomic E-state index is 13.6. The van der Waals surface area contributed by atoms with Crippen LogP contribution >= 0.6 is 11.6 Å². The molecule has 13 heteroatoms. The first kappa shape index (κ1) is 23.6. The maximum Gasteiger partial charge on any atom is 0.392 e. The molecule has 2 atom stereocenters. The molecule has 0 aliphatic heterocycles. The first-order valence-corrected chi connectivity index (χ1v) is 6.76. The van der Waals surface area contributed by atoms with Crippen LogP contribution in [0.2, 0.25) is 0 Å². The van der Waals surface area contributed by atoms with Crippen molar-refractivity contribution in [3.63, 3.8) is 0 Å². The molecule has 0 aromatic heterocycles. The lowest BCUT2D eigenvalue weighted by atomic mass is 9.95. The minimum atomic E-state index is -6.81. The molecular weight excluding hydrogens is 384 g/mol. The van der Waals surface area contributed by atoms with Crippen molar-refractivity contribution < 1.29 is 54.8 Å². The summed E-state index contributed by atoms with van der Waals surface area (Å²) < 4.78 is 114. The van der Waals surface area contributed by atoms with Gasteiger partial charge in [-0.2, -0.15) is 35.1 Å². The number of aliphatic hydroxyl groups excluding tert-OH is 2. The van der Waals surface area contributed by atoms with Gasteiger partial charge in [-0.1, -0.05) is 0 Å². The highest BCUT2D eigenvalue weighted by atomic mass is 35.5. The Balaban J connectivity index is 5.69. The fraction of sp³-hybridized carbons (Fsp3) is 1.00. The van der Waals surface area contributed by atoms with Gasteiger partial charge in [0, 0.05) is 13.2 Å². The van der Waals surface area contributed by atoms with Crippen LogP contribution in [-0.2, 0) is 9.47 Å². The van der Waals surface area contributed by atoms with Gasteiger partial charge in [0.1, 0.15) is 6.10 Å². The van der Waals surface area contributed by atoms with Crippen LogP contribution in [0.1, 0.15) is 13.8 Å². The molecule has 0 amide bonds. The quantitative estimate of drug-likeness (QED) is 0.337. The van der Waals surface area contributed by atoms with Crippen LogP contribution in [0.4, 0.5) is 35.1 Å². The number of ether oxygens (including phenoxy) is 2. The zero-order valence-corrected chi connectivity index (χ0v) is 13.0. The molecule has 0 saturated heterocycles. The number of halogens is 9. The van der Waals surface area contributed by atoms with Crippen molar-refractivity contribution in [1.82, 2.24) is 0 Å². The Kier molecular flexibility index (Phi) is 7.71. The lowest BCUT2D eigenvalue weighted by molar-refractivity contribution is -0.375. The highest BCUT2D eigenvalue weighted by molar-refractivity contribution is 6.22. The normalized spacial score (nSPS) is 17.2. The van der Waals surface area contributed by atoms with E-state index in [9.17, 15) is 45.3 Å². The summed E-state index contributed by atoms with van der Waals surface area (Å²) in [5, 5.41) is 12.5. The Morgan fingerprint density at radius 3 is 1.50 bits per heavy atom. The summed E-state index contributed by atoms with van der Waals surface area (Å²) in [5.41, 5.74) is 0. The van der Waals surface area contributed by atoms with E-state index >= 15 is 0 Å².